The third-order valence-corrected chi connectivity index (χ3v) is 2.17. The number of halogens is 2. The summed E-state index contributed by atoms with van der Waals surface area (Å²) in [7, 11) is 0. The van der Waals surface area contributed by atoms with Gasteiger partial charge in [-0.2, -0.15) is 0 Å². The zero-order valence-electron chi connectivity index (χ0n) is 5.64. The minimum absolute atomic E-state index is 0.470. The van der Waals surface area contributed by atoms with Gasteiger partial charge in [0.05, 0.1) is 0 Å². The summed E-state index contributed by atoms with van der Waals surface area (Å²) in [6.07, 6.45) is 4.94. The van der Waals surface area contributed by atoms with Crippen LogP contribution in [-0.4, -0.2) is 4.98 Å². The molecule has 0 N–H and O–H groups in total. The Labute approximate surface area is 74.7 Å². The smallest absolute Gasteiger partial charge is 0.138 e. The highest BCUT2D eigenvalue weighted by Gasteiger charge is 2.10. The molecule has 0 bridgehead atoms. The fourth-order valence-electron chi connectivity index (χ4n) is 1.19. The molecule has 0 atom stereocenters. The molecule has 0 unspecified atom stereocenters. The highest BCUT2D eigenvalue weighted by Crippen LogP contribution is 2.27. The highest BCUT2D eigenvalue weighted by atomic mass is 35.5. The highest BCUT2D eigenvalue weighted by molar-refractivity contribution is 6.33. The molecule has 1 nitrogen and oxygen atoms in total. The van der Waals surface area contributed by atoms with Crippen LogP contribution in [-0.2, 0) is 6.42 Å². The lowest BCUT2D eigenvalue weighted by Gasteiger charge is -2.00. The Morgan fingerprint density at radius 2 is 2.18 bits per heavy atom. The van der Waals surface area contributed by atoms with Crippen LogP contribution in [0, 0.1) is 0 Å². The average Bonchev–Trinajstić information content (AvgIpc) is 2.34. The largest absolute Gasteiger partial charge is 0.224 e. The summed E-state index contributed by atoms with van der Waals surface area (Å²) >= 11 is 11.5. The first-order chi connectivity index (χ1) is 5.27. The summed E-state index contributed by atoms with van der Waals surface area (Å²) < 4.78 is 0. The van der Waals surface area contributed by atoms with Crippen LogP contribution in [0.25, 0.3) is 6.08 Å². The van der Waals surface area contributed by atoms with Crippen molar-refractivity contribution < 1.29 is 0 Å². The molecule has 0 fully saturated rings. The maximum atomic E-state index is 5.83. The summed E-state index contributed by atoms with van der Waals surface area (Å²) in [6.45, 7) is 0. The molecule has 2 rings (SSSR count). The molecule has 1 aliphatic rings. The molecule has 0 aromatic carbocycles. The van der Waals surface area contributed by atoms with Crippen molar-refractivity contribution in [3.63, 3.8) is 0 Å². The topological polar surface area (TPSA) is 12.9 Å². The van der Waals surface area contributed by atoms with E-state index in [2.05, 4.69) is 11.1 Å². The number of fused-ring (bicyclic) bond motifs is 1. The van der Waals surface area contributed by atoms with E-state index in [-0.39, 0.29) is 0 Å². The second-order valence-corrected chi connectivity index (χ2v) is 3.16. The first-order valence-corrected chi connectivity index (χ1v) is 4.04. The maximum absolute atomic E-state index is 5.83. The first kappa shape index (κ1) is 7.14. The minimum atomic E-state index is 0.470. The Morgan fingerprint density at radius 1 is 1.36 bits per heavy atom. The first-order valence-electron chi connectivity index (χ1n) is 3.29. The molecular formula is C8H5Cl2N. The summed E-state index contributed by atoms with van der Waals surface area (Å²) in [5.41, 5.74) is 2.17. The Morgan fingerprint density at radius 3 is 3.00 bits per heavy atom. The van der Waals surface area contributed by atoms with Gasteiger partial charge in [-0.25, -0.2) is 4.98 Å². The number of hydrogen-bond donors (Lipinski definition) is 0. The Balaban J connectivity index is 2.67. The fraction of sp³-hybridized carbons (Fsp3) is 0.125. The van der Waals surface area contributed by atoms with Crippen molar-refractivity contribution >= 4 is 29.3 Å². The SMILES string of the molecule is Clc1cc2c(c(Cl)n1)C=CC2. The molecule has 56 valence electrons. The zero-order valence-corrected chi connectivity index (χ0v) is 7.15. The third-order valence-electron chi connectivity index (χ3n) is 1.69. The van der Waals surface area contributed by atoms with Gasteiger partial charge in [0.1, 0.15) is 10.3 Å². The molecule has 0 saturated carbocycles. The molecule has 0 spiro atoms. The Hall–Kier alpha value is -0.530. The summed E-state index contributed by atoms with van der Waals surface area (Å²) in [4.78, 5) is 3.92. The van der Waals surface area contributed by atoms with Crippen molar-refractivity contribution in [2.75, 3.05) is 0 Å². The fourth-order valence-corrected chi connectivity index (χ4v) is 1.72. The molecule has 1 aliphatic carbocycles. The van der Waals surface area contributed by atoms with Gasteiger partial charge in [-0.05, 0) is 18.1 Å². The average molecular weight is 186 g/mol. The van der Waals surface area contributed by atoms with Gasteiger partial charge in [-0.1, -0.05) is 35.4 Å². The van der Waals surface area contributed by atoms with Crippen LogP contribution >= 0.6 is 23.2 Å². The van der Waals surface area contributed by atoms with Crippen LogP contribution in [0.5, 0.6) is 0 Å². The van der Waals surface area contributed by atoms with Crippen molar-refractivity contribution in [2.45, 2.75) is 6.42 Å². The standard InChI is InChI=1S/C8H5Cl2N/c9-7-4-5-2-1-3-6(5)8(10)11-7/h1,3-4H,2H2. The van der Waals surface area contributed by atoms with E-state index in [1.807, 2.05) is 12.1 Å². The van der Waals surface area contributed by atoms with Crippen LogP contribution < -0.4 is 0 Å². The molecule has 3 heteroatoms. The Kier molecular flexibility index (Phi) is 1.63. The molecule has 0 aliphatic heterocycles. The van der Waals surface area contributed by atoms with Gasteiger partial charge in [0, 0.05) is 5.56 Å². The molecule has 1 aromatic heterocycles. The molecule has 0 radical (unpaired) electrons. The van der Waals surface area contributed by atoms with E-state index in [4.69, 9.17) is 23.2 Å². The molecule has 11 heavy (non-hydrogen) atoms. The van der Waals surface area contributed by atoms with Crippen molar-refractivity contribution in [3.05, 3.63) is 33.6 Å². The summed E-state index contributed by atoms with van der Waals surface area (Å²) in [6, 6.07) is 1.85. The quantitative estimate of drug-likeness (QED) is 0.567. The summed E-state index contributed by atoms with van der Waals surface area (Å²) in [5, 5.41) is 0.971. The third kappa shape index (κ3) is 1.15. The monoisotopic (exact) mass is 185 g/mol. The van der Waals surface area contributed by atoms with Gasteiger partial charge < -0.3 is 0 Å². The van der Waals surface area contributed by atoms with Crippen LogP contribution in [0.3, 0.4) is 0 Å². The van der Waals surface area contributed by atoms with Gasteiger partial charge >= 0.3 is 0 Å². The molecule has 0 amide bonds. The van der Waals surface area contributed by atoms with Gasteiger partial charge in [-0.3, -0.25) is 0 Å². The predicted octanol–water partition coefficient (Wildman–Crippen LogP) is 2.96. The van der Waals surface area contributed by atoms with E-state index in [0.29, 0.717) is 10.3 Å². The zero-order chi connectivity index (χ0) is 7.84. The van der Waals surface area contributed by atoms with Gasteiger partial charge in [0.25, 0.3) is 0 Å². The van der Waals surface area contributed by atoms with Crippen molar-refractivity contribution in [3.8, 4) is 0 Å². The van der Waals surface area contributed by atoms with Gasteiger partial charge in [0.2, 0.25) is 0 Å². The van der Waals surface area contributed by atoms with Crippen molar-refractivity contribution in [1.82, 2.24) is 4.98 Å². The van der Waals surface area contributed by atoms with Crippen LogP contribution in [0.15, 0.2) is 12.1 Å². The van der Waals surface area contributed by atoms with E-state index in [9.17, 15) is 0 Å². The Bertz CT molecular complexity index is 331. The van der Waals surface area contributed by atoms with Gasteiger partial charge in [0.15, 0.2) is 0 Å². The molecular weight excluding hydrogens is 181 g/mol. The lowest BCUT2D eigenvalue weighted by Crippen LogP contribution is -1.86. The second-order valence-electron chi connectivity index (χ2n) is 2.42. The second kappa shape index (κ2) is 2.50. The molecule has 1 aromatic rings. The number of aromatic nitrogens is 1. The number of pyridine rings is 1. The van der Waals surface area contributed by atoms with Crippen molar-refractivity contribution in [2.24, 2.45) is 0 Å². The van der Waals surface area contributed by atoms with Crippen molar-refractivity contribution in [1.29, 1.82) is 0 Å². The number of hydrogen-bond acceptors (Lipinski definition) is 1. The minimum Gasteiger partial charge on any atom is -0.224 e. The molecule has 0 saturated heterocycles. The predicted molar refractivity (Wildman–Crippen MR) is 47.0 cm³/mol. The number of allylic oxidation sites excluding steroid dienone is 1. The normalized spacial score (nSPS) is 13.6. The summed E-state index contributed by atoms with van der Waals surface area (Å²) in [5.74, 6) is 0. The van der Waals surface area contributed by atoms with Crippen LogP contribution in [0.4, 0.5) is 0 Å². The van der Waals surface area contributed by atoms with E-state index in [1.165, 1.54) is 0 Å². The van der Waals surface area contributed by atoms with E-state index in [0.717, 1.165) is 17.5 Å². The maximum Gasteiger partial charge on any atom is 0.138 e. The van der Waals surface area contributed by atoms with Crippen LogP contribution in [0.2, 0.25) is 10.3 Å². The number of nitrogens with zero attached hydrogens (tertiary/aromatic N) is 1. The van der Waals surface area contributed by atoms with E-state index in [1.54, 1.807) is 0 Å². The lowest BCUT2D eigenvalue weighted by atomic mass is 10.2. The molecule has 1 heterocycles. The van der Waals surface area contributed by atoms with E-state index >= 15 is 0 Å². The van der Waals surface area contributed by atoms with E-state index < -0.39 is 0 Å². The van der Waals surface area contributed by atoms with Crippen LogP contribution in [0.1, 0.15) is 11.1 Å². The lowest BCUT2D eigenvalue weighted by molar-refractivity contribution is 1.23. The number of rotatable bonds is 0. The van der Waals surface area contributed by atoms with Gasteiger partial charge in [-0.15, -0.1) is 0 Å².